The summed E-state index contributed by atoms with van der Waals surface area (Å²) >= 11 is 0. The molecule has 0 saturated carbocycles. The molecule has 0 radical (unpaired) electrons. The molecule has 0 aliphatic heterocycles. The van der Waals surface area contributed by atoms with Crippen LogP contribution in [0.5, 0.6) is 5.75 Å². The van der Waals surface area contributed by atoms with Crippen molar-refractivity contribution >= 4 is 11.7 Å². The van der Waals surface area contributed by atoms with Crippen molar-refractivity contribution in [3.63, 3.8) is 0 Å². The number of aryl methyl sites for hydroxylation is 1. The first-order valence-electron chi connectivity index (χ1n) is 8.38. The Bertz CT molecular complexity index is 899. The van der Waals surface area contributed by atoms with Gasteiger partial charge in [-0.3, -0.25) is 4.79 Å². The van der Waals surface area contributed by atoms with Gasteiger partial charge in [0.25, 0.3) is 5.91 Å². The van der Waals surface area contributed by atoms with Crippen molar-refractivity contribution in [2.75, 3.05) is 12.4 Å². The number of carbonyl (C=O) groups excluding carboxylic acids is 1. The lowest BCUT2D eigenvalue weighted by Gasteiger charge is -2.11. The number of nitrogens with zero attached hydrogens (tertiary/aromatic N) is 2. The van der Waals surface area contributed by atoms with E-state index in [0.717, 1.165) is 47.8 Å². The van der Waals surface area contributed by atoms with E-state index in [9.17, 15) is 4.79 Å². The second kappa shape index (κ2) is 6.43. The third-order valence-corrected chi connectivity index (χ3v) is 4.49. The molecular formula is C20H19N3O2. The molecule has 1 amide bonds. The van der Waals surface area contributed by atoms with Crippen molar-refractivity contribution in [2.24, 2.45) is 0 Å². The number of para-hydroxylation sites is 1. The largest absolute Gasteiger partial charge is 0.497 e. The Kier molecular flexibility index (Phi) is 3.98. The van der Waals surface area contributed by atoms with Gasteiger partial charge in [-0.05, 0) is 55.7 Å². The fourth-order valence-corrected chi connectivity index (χ4v) is 3.20. The Morgan fingerprint density at radius 2 is 1.84 bits per heavy atom. The minimum absolute atomic E-state index is 0.144. The fraction of sp³-hybridized carbons (Fsp3) is 0.200. The monoisotopic (exact) mass is 333 g/mol. The van der Waals surface area contributed by atoms with Crippen LogP contribution in [-0.4, -0.2) is 22.8 Å². The summed E-state index contributed by atoms with van der Waals surface area (Å²) in [7, 11) is 1.61. The number of methoxy groups -OCH3 is 1. The fourth-order valence-electron chi connectivity index (χ4n) is 3.20. The molecule has 0 atom stereocenters. The molecule has 0 fully saturated rings. The van der Waals surface area contributed by atoms with Crippen molar-refractivity contribution in [3.05, 3.63) is 71.4 Å². The van der Waals surface area contributed by atoms with Crippen LogP contribution in [0.25, 0.3) is 5.69 Å². The topological polar surface area (TPSA) is 56.1 Å². The van der Waals surface area contributed by atoms with E-state index in [1.807, 2.05) is 35.0 Å². The van der Waals surface area contributed by atoms with Gasteiger partial charge in [0.2, 0.25) is 0 Å². The van der Waals surface area contributed by atoms with Gasteiger partial charge in [0.05, 0.1) is 18.5 Å². The minimum Gasteiger partial charge on any atom is -0.497 e. The zero-order valence-corrected chi connectivity index (χ0v) is 14.0. The van der Waals surface area contributed by atoms with Gasteiger partial charge in [-0.15, -0.1) is 0 Å². The van der Waals surface area contributed by atoms with Crippen molar-refractivity contribution in [3.8, 4) is 11.4 Å². The minimum atomic E-state index is -0.144. The maximum atomic E-state index is 12.7. The number of aromatic nitrogens is 2. The molecule has 0 spiro atoms. The number of hydrogen-bond donors (Lipinski definition) is 1. The highest BCUT2D eigenvalue weighted by Crippen LogP contribution is 2.31. The van der Waals surface area contributed by atoms with E-state index >= 15 is 0 Å². The number of anilines is 1. The van der Waals surface area contributed by atoms with Crippen LogP contribution in [0.3, 0.4) is 0 Å². The van der Waals surface area contributed by atoms with Gasteiger partial charge in [0.1, 0.15) is 11.6 Å². The van der Waals surface area contributed by atoms with E-state index in [4.69, 9.17) is 9.84 Å². The third-order valence-electron chi connectivity index (χ3n) is 4.49. The van der Waals surface area contributed by atoms with Gasteiger partial charge in [-0.1, -0.05) is 18.2 Å². The quantitative estimate of drug-likeness (QED) is 0.793. The summed E-state index contributed by atoms with van der Waals surface area (Å²) in [6.45, 7) is 0. The number of amides is 1. The lowest BCUT2D eigenvalue weighted by Crippen LogP contribution is -2.16. The van der Waals surface area contributed by atoms with E-state index < -0.39 is 0 Å². The van der Waals surface area contributed by atoms with Crippen molar-refractivity contribution < 1.29 is 9.53 Å². The molecule has 0 unspecified atom stereocenters. The number of benzene rings is 2. The predicted molar refractivity (Wildman–Crippen MR) is 96.5 cm³/mol. The van der Waals surface area contributed by atoms with Crippen LogP contribution in [0.2, 0.25) is 0 Å². The lowest BCUT2D eigenvalue weighted by atomic mass is 10.2. The normalized spacial score (nSPS) is 12.7. The standard InChI is InChI=1S/C20H19N3O2/c1-25-16-12-10-14(11-13-16)20(24)21-19-17-8-5-9-18(17)22-23(19)15-6-3-2-4-7-15/h2-4,6-7,10-13H,5,8-9H2,1H3,(H,21,24). The zero-order valence-electron chi connectivity index (χ0n) is 14.0. The van der Waals surface area contributed by atoms with Crippen LogP contribution in [0.1, 0.15) is 28.0 Å². The Hall–Kier alpha value is -3.08. The first kappa shape index (κ1) is 15.4. The van der Waals surface area contributed by atoms with Gasteiger partial charge >= 0.3 is 0 Å². The Labute approximate surface area is 146 Å². The van der Waals surface area contributed by atoms with Crippen LogP contribution in [0.15, 0.2) is 54.6 Å². The summed E-state index contributed by atoms with van der Waals surface area (Å²) in [5.74, 6) is 1.36. The van der Waals surface area contributed by atoms with Crippen LogP contribution in [-0.2, 0) is 12.8 Å². The molecule has 126 valence electrons. The first-order valence-corrected chi connectivity index (χ1v) is 8.38. The zero-order chi connectivity index (χ0) is 17.2. The maximum absolute atomic E-state index is 12.7. The molecule has 1 aromatic heterocycles. The van der Waals surface area contributed by atoms with E-state index in [1.54, 1.807) is 31.4 Å². The van der Waals surface area contributed by atoms with E-state index in [0.29, 0.717) is 5.56 Å². The van der Waals surface area contributed by atoms with Crippen molar-refractivity contribution in [1.82, 2.24) is 9.78 Å². The molecule has 2 aromatic carbocycles. The summed E-state index contributed by atoms with van der Waals surface area (Å²) in [6, 6.07) is 17.0. The van der Waals surface area contributed by atoms with Gasteiger partial charge in [-0.25, -0.2) is 4.68 Å². The van der Waals surface area contributed by atoms with Crippen LogP contribution in [0.4, 0.5) is 5.82 Å². The molecule has 1 aliphatic carbocycles. The number of fused-ring (bicyclic) bond motifs is 1. The summed E-state index contributed by atoms with van der Waals surface area (Å²) < 4.78 is 6.98. The molecule has 1 heterocycles. The molecule has 0 saturated heterocycles. The molecule has 0 bridgehead atoms. The summed E-state index contributed by atoms with van der Waals surface area (Å²) in [5, 5.41) is 7.78. The number of carbonyl (C=O) groups is 1. The highest BCUT2D eigenvalue weighted by Gasteiger charge is 2.24. The smallest absolute Gasteiger partial charge is 0.256 e. The Balaban J connectivity index is 1.68. The number of hydrogen-bond acceptors (Lipinski definition) is 3. The number of nitrogens with one attached hydrogen (secondary N) is 1. The Morgan fingerprint density at radius 3 is 2.56 bits per heavy atom. The number of rotatable bonds is 4. The molecule has 1 N–H and O–H groups in total. The highest BCUT2D eigenvalue weighted by atomic mass is 16.5. The Morgan fingerprint density at radius 1 is 1.08 bits per heavy atom. The first-order chi connectivity index (χ1) is 12.3. The van der Waals surface area contributed by atoms with Gasteiger partial charge < -0.3 is 10.1 Å². The summed E-state index contributed by atoms with van der Waals surface area (Å²) in [5.41, 5.74) is 3.76. The van der Waals surface area contributed by atoms with Gasteiger partial charge in [0.15, 0.2) is 0 Å². The van der Waals surface area contributed by atoms with E-state index in [1.165, 1.54) is 0 Å². The third kappa shape index (κ3) is 2.89. The number of ether oxygens (including phenoxy) is 1. The van der Waals surface area contributed by atoms with E-state index in [2.05, 4.69) is 5.32 Å². The average molecular weight is 333 g/mol. The molecule has 5 nitrogen and oxygen atoms in total. The average Bonchev–Trinajstić information content (AvgIpc) is 3.25. The second-order valence-corrected chi connectivity index (χ2v) is 6.06. The predicted octanol–water partition coefficient (Wildman–Crippen LogP) is 3.62. The molecule has 3 aromatic rings. The molecule has 1 aliphatic rings. The van der Waals surface area contributed by atoms with Crippen LogP contribution >= 0.6 is 0 Å². The molecule has 4 rings (SSSR count). The summed E-state index contributed by atoms with van der Waals surface area (Å²) in [4.78, 5) is 12.7. The van der Waals surface area contributed by atoms with E-state index in [-0.39, 0.29) is 5.91 Å². The SMILES string of the molecule is COc1ccc(C(=O)Nc2c3c(nn2-c2ccccc2)CCC3)cc1. The van der Waals surface area contributed by atoms with Crippen molar-refractivity contribution in [1.29, 1.82) is 0 Å². The summed E-state index contributed by atoms with van der Waals surface area (Å²) in [6.07, 6.45) is 2.99. The van der Waals surface area contributed by atoms with Gasteiger partial charge in [0, 0.05) is 11.1 Å². The second-order valence-electron chi connectivity index (χ2n) is 6.06. The van der Waals surface area contributed by atoms with Crippen LogP contribution in [0, 0.1) is 0 Å². The maximum Gasteiger partial charge on any atom is 0.256 e. The van der Waals surface area contributed by atoms with Crippen molar-refractivity contribution in [2.45, 2.75) is 19.3 Å². The lowest BCUT2D eigenvalue weighted by molar-refractivity contribution is 0.102. The molecule has 5 heteroatoms. The molecule has 25 heavy (non-hydrogen) atoms. The van der Waals surface area contributed by atoms with Crippen LogP contribution < -0.4 is 10.1 Å². The molecular weight excluding hydrogens is 314 g/mol. The highest BCUT2D eigenvalue weighted by molar-refractivity contribution is 6.04. The van der Waals surface area contributed by atoms with Gasteiger partial charge in [-0.2, -0.15) is 5.10 Å².